The number of nitro groups is 1. The first-order chi connectivity index (χ1) is 17.9. The van der Waals surface area contributed by atoms with Crippen LogP contribution < -0.4 is 21.4 Å². The zero-order valence-corrected chi connectivity index (χ0v) is 22.9. The summed E-state index contributed by atoms with van der Waals surface area (Å²) in [6.45, 7) is 0. The Morgan fingerprint density at radius 1 is 0.784 bits per heavy atom. The number of para-hydroxylation sites is 1. The van der Waals surface area contributed by atoms with Crippen molar-refractivity contribution in [3.8, 4) is 0 Å². The molecule has 0 radical (unpaired) electrons. The van der Waals surface area contributed by atoms with E-state index < -0.39 is 4.92 Å². The summed E-state index contributed by atoms with van der Waals surface area (Å²) in [6.07, 6.45) is 1.59. The number of thiophene rings is 1. The van der Waals surface area contributed by atoms with Crippen molar-refractivity contribution in [2.24, 2.45) is 5.10 Å². The first kappa shape index (κ1) is 31.0. The zero-order chi connectivity index (χ0) is 27.3. The van der Waals surface area contributed by atoms with Crippen molar-refractivity contribution in [3.05, 3.63) is 117 Å². The number of hydrogen-bond donors (Lipinski definition) is 4. The van der Waals surface area contributed by atoms with Gasteiger partial charge in [-0.2, -0.15) is 5.10 Å². The van der Waals surface area contributed by atoms with Crippen LogP contribution in [0.2, 0.25) is 5.02 Å². The highest BCUT2D eigenvalue weighted by molar-refractivity contribution is 7.14. The Kier molecular flexibility index (Phi) is 16.0. The number of halogens is 1. The highest BCUT2D eigenvalue weighted by atomic mass is 35.5. The van der Waals surface area contributed by atoms with Gasteiger partial charge in [-0.25, -0.2) is 0 Å². The molecule has 0 atom stereocenters. The summed E-state index contributed by atoms with van der Waals surface area (Å²) in [5, 5.41) is 27.1. The largest absolute Gasteiger partial charge is 0.388 e. The van der Waals surface area contributed by atoms with E-state index >= 15 is 0 Å². The average Bonchev–Trinajstić information content (AvgIpc) is 3.48. The quantitative estimate of drug-likeness (QED) is 0.119. The number of nitrogens with zero attached hydrogens (tertiary/aromatic N) is 2. The van der Waals surface area contributed by atoms with Gasteiger partial charge in [0, 0.05) is 56.7 Å². The van der Waals surface area contributed by atoms with E-state index in [1.807, 2.05) is 93.3 Å². The first-order valence-electron chi connectivity index (χ1n) is 11.2. The van der Waals surface area contributed by atoms with Crippen LogP contribution in [0.3, 0.4) is 0 Å². The number of hydrogen-bond acceptors (Lipinski definition) is 8. The van der Waals surface area contributed by atoms with Crippen molar-refractivity contribution in [2.75, 3.05) is 44.1 Å². The molecule has 1 heterocycles. The molecule has 0 aliphatic carbocycles. The van der Waals surface area contributed by atoms with Gasteiger partial charge in [0.15, 0.2) is 0 Å². The summed E-state index contributed by atoms with van der Waals surface area (Å²) in [5.74, 6) is 0. The monoisotopic (exact) mass is 540 g/mol. The Bertz CT molecular complexity index is 1140. The van der Waals surface area contributed by atoms with Crippen LogP contribution in [0.1, 0.15) is 5.56 Å². The van der Waals surface area contributed by atoms with Crippen molar-refractivity contribution >= 4 is 51.2 Å². The third-order valence-corrected chi connectivity index (χ3v) is 5.55. The molecule has 0 unspecified atom stereocenters. The second-order valence-electron chi connectivity index (χ2n) is 6.93. The first-order valence-corrected chi connectivity index (χ1v) is 12.5. The maximum Gasteiger partial charge on any atom is 0.269 e. The van der Waals surface area contributed by atoms with Gasteiger partial charge in [-0.15, -0.1) is 11.3 Å². The van der Waals surface area contributed by atoms with Crippen molar-refractivity contribution in [1.29, 1.82) is 0 Å². The summed E-state index contributed by atoms with van der Waals surface area (Å²) < 4.78 is 0. The van der Waals surface area contributed by atoms with Crippen LogP contribution >= 0.6 is 22.9 Å². The third kappa shape index (κ3) is 14.2. The number of anilines is 3. The van der Waals surface area contributed by atoms with Gasteiger partial charge in [0.05, 0.1) is 16.1 Å². The predicted octanol–water partition coefficient (Wildman–Crippen LogP) is 7.05. The van der Waals surface area contributed by atoms with Gasteiger partial charge in [0.1, 0.15) is 0 Å². The summed E-state index contributed by atoms with van der Waals surface area (Å²) >= 11 is 7.35. The molecule has 1 aromatic heterocycles. The number of rotatable bonds is 6. The molecule has 0 aliphatic rings. The van der Waals surface area contributed by atoms with Gasteiger partial charge in [0.2, 0.25) is 0 Å². The molecular weight excluding hydrogens is 508 g/mol. The lowest BCUT2D eigenvalue weighted by Gasteiger charge is -1.96. The summed E-state index contributed by atoms with van der Waals surface area (Å²) in [6, 6.07) is 27.9. The van der Waals surface area contributed by atoms with Crippen molar-refractivity contribution < 1.29 is 4.92 Å². The molecule has 4 rings (SSSR count). The number of benzene rings is 3. The molecular formula is C27H33ClN6O2S. The molecule has 10 heteroatoms. The van der Waals surface area contributed by atoms with E-state index in [0.717, 1.165) is 22.0 Å². The number of non-ortho nitro benzene ring substituents is 1. The minimum absolute atomic E-state index is 0.0848. The Hall–Kier alpha value is -4.08. The fourth-order valence-corrected chi connectivity index (χ4v) is 3.17. The summed E-state index contributed by atoms with van der Waals surface area (Å²) in [4.78, 5) is 9.85. The van der Waals surface area contributed by atoms with Gasteiger partial charge in [-0.3, -0.25) is 10.1 Å². The second-order valence-corrected chi connectivity index (χ2v) is 8.31. The Balaban J connectivity index is 0.000000254. The van der Waals surface area contributed by atoms with Gasteiger partial charge >= 0.3 is 0 Å². The molecule has 0 bridgehead atoms. The molecule has 0 saturated heterocycles. The zero-order valence-electron chi connectivity index (χ0n) is 21.3. The predicted molar refractivity (Wildman–Crippen MR) is 161 cm³/mol. The normalized spacial score (nSPS) is 9.32. The molecule has 8 nitrogen and oxygen atoms in total. The van der Waals surface area contributed by atoms with Crippen LogP contribution in [0.4, 0.5) is 22.1 Å². The molecule has 0 aliphatic heterocycles. The summed E-state index contributed by atoms with van der Waals surface area (Å²) in [5.41, 5.74) is 5.74. The molecule has 4 aromatic rings. The van der Waals surface area contributed by atoms with E-state index in [2.05, 4.69) is 26.5 Å². The Morgan fingerprint density at radius 3 is 1.78 bits per heavy atom. The number of hydrazone groups is 1. The van der Waals surface area contributed by atoms with Crippen molar-refractivity contribution in [2.45, 2.75) is 0 Å². The van der Waals surface area contributed by atoms with Crippen LogP contribution in [0, 0.1) is 10.1 Å². The van der Waals surface area contributed by atoms with Crippen LogP contribution in [0.5, 0.6) is 0 Å². The van der Waals surface area contributed by atoms with Gasteiger partial charge in [0.25, 0.3) is 5.69 Å². The SMILES string of the molecule is CN/N=C/c1ccc([N+](=O)[O-])cc1.CNc1ccc(Cl)cc1.CNc1ccccc1.CNc1cccs1. The van der Waals surface area contributed by atoms with Crippen LogP contribution in [0.15, 0.2) is 101 Å². The van der Waals surface area contributed by atoms with Crippen molar-refractivity contribution in [3.63, 3.8) is 0 Å². The topological polar surface area (TPSA) is 104 Å². The van der Waals surface area contributed by atoms with E-state index in [1.54, 1.807) is 36.7 Å². The average molecular weight is 541 g/mol. The highest BCUT2D eigenvalue weighted by Crippen LogP contribution is 2.13. The van der Waals surface area contributed by atoms with Gasteiger partial charge < -0.3 is 21.4 Å². The fourth-order valence-electron chi connectivity index (χ4n) is 2.46. The fraction of sp³-hybridized carbons (Fsp3) is 0.148. The lowest BCUT2D eigenvalue weighted by atomic mass is 10.2. The van der Waals surface area contributed by atoms with E-state index in [0.29, 0.717) is 0 Å². The molecule has 37 heavy (non-hydrogen) atoms. The number of nitrogens with one attached hydrogen (secondary N) is 4. The van der Waals surface area contributed by atoms with Gasteiger partial charge in [-0.1, -0.05) is 29.8 Å². The Morgan fingerprint density at radius 2 is 1.38 bits per heavy atom. The second kappa shape index (κ2) is 19.1. The van der Waals surface area contributed by atoms with Gasteiger partial charge in [-0.05, 0) is 71.6 Å². The minimum Gasteiger partial charge on any atom is -0.388 e. The highest BCUT2D eigenvalue weighted by Gasteiger charge is 2.02. The lowest BCUT2D eigenvalue weighted by molar-refractivity contribution is -0.384. The maximum absolute atomic E-state index is 10.3. The third-order valence-electron chi connectivity index (χ3n) is 4.41. The van der Waals surface area contributed by atoms with E-state index in [9.17, 15) is 10.1 Å². The van der Waals surface area contributed by atoms with Crippen LogP contribution in [-0.4, -0.2) is 39.3 Å². The van der Waals surface area contributed by atoms with Crippen LogP contribution in [0.25, 0.3) is 0 Å². The molecule has 0 fully saturated rings. The molecule has 0 amide bonds. The van der Waals surface area contributed by atoms with E-state index in [-0.39, 0.29) is 5.69 Å². The summed E-state index contributed by atoms with van der Waals surface area (Å²) in [7, 11) is 7.40. The Labute approximate surface area is 227 Å². The molecule has 0 spiro atoms. The van der Waals surface area contributed by atoms with E-state index in [1.165, 1.54) is 17.1 Å². The molecule has 0 saturated carbocycles. The minimum atomic E-state index is -0.432. The smallest absolute Gasteiger partial charge is 0.269 e. The van der Waals surface area contributed by atoms with Crippen LogP contribution in [-0.2, 0) is 0 Å². The number of nitro benzene ring substituents is 1. The molecule has 4 N–H and O–H groups in total. The standard InChI is InChI=1S/C8H9N3O2.C7H8ClN.C7H9N.C5H7NS/c1-9-10-6-7-2-4-8(5-3-7)11(12)13;1-9-7-4-2-6(8)3-5-7;1-8-7-5-3-2-4-6-7;1-6-5-3-2-4-7-5/h2-6,9H,1H3;2-5,9H,1H3;2-6,8H,1H3;2-4,6H,1H3/b10-6+;;;. The van der Waals surface area contributed by atoms with Crippen molar-refractivity contribution in [1.82, 2.24) is 5.43 Å². The maximum atomic E-state index is 10.3. The molecule has 196 valence electrons. The molecule has 3 aromatic carbocycles. The lowest BCUT2D eigenvalue weighted by Crippen LogP contribution is -1.94. The van der Waals surface area contributed by atoms with E-state index in [4.69, 9.17) is 11.6 Å².